The highest BCUT2D eigenvalue weighted by atomic mass is 16.6. The number of benzene rings is 1. The van der Waals surface area contributed by atoms with Crippen LogP contribution in [0.15, 0.2) is 24.3 Å². The van der Waals surface area contributed by atoms with Crippen molar-refractivity contribution in [2.75, 3.05) is 6.54 Å². The maximum Gasteiger partial charge on any atom is 0.418 e. The van der Waals surface area contributed by atoms with Crippen LogP contribution in [0.2, 0.25) is 0 Å². The molecule has 122 valence electrons. The molecule has 1 saturated heterocycles. The minimum atomic E-state index is -1.28. The van der Waals surface area contributed by atoms with Gasteiger partial charge in [-0.15, -0.1) is 0 Å². The van der Waals surface area contributed by atoms with Gasteiger partial charge in [-0.2, -0.15) is 0 Å². The molecule has 23 heavy (non-hydrogen) atoms. The zero-order chi connectivity index (χ0) is 16.8. The average molecular weight is 317 g/mol. The lowest BCUT2D eigenvalue weighted by molar-refractivity contribution is -0.157. The van der Waals surface area contributed by atoms with E-state index in [9.17, 15) is 14.4 Å². The van der Waals surface area contributed by atoms with Gasteiger partial charge in [-0.1, -0.05) is 24.3 Å². The van der Waals surface area contributed by atoms with E-state index in [1.54, 1.807) is 26.8 Å². The Kier molecular flexibility index (Phi) is 3.43. The van der Waals surface area contributed by atoms with Crippen molar-refractivity contribution in [3.63, 3.8) is 0 Å². The molecule has 0 saturated carbocycles. The fraction of sp³-hybridized carbons (Fsp3) is 0.471. The Morgan fingerprint density at radius 1 is 1.30 bits per heavy atom. The van der Waals surface area contributed by atoms with Crippen LogP contribution < -0.4 is 0 Å². The van der Waals surface area contributed by atoms with Crippen molar-refractivity contribution in [3.05, 3.63) is 35.4 Å². The Hall–Kier alpha value is -2.37. The van der Waals surface area contributed by atoms with Crippen LogP contribution in [0.25, 0.3) is 0 Å². The van der Waals surface area contributed by atoms with Gasteiger partial charge in [-0.25, -0.2) is 9.69 Å². The smallest absolute Gasteiger partial charge is 0.418 e. The normalized spacial score (nSPS) is 23.2. The van der Waals surface area contributed by atoms with Gasteiger partial charge < -0.3 is 9.47 Å². The zero-order valence-corrected chi connectivity index (χ0v) is 13.4. The molecule has 1 unspecified atom stereocenters. The first-order valence-electron chi connectivity index (χ1n) is 7.58. The topological polar surface area (TPSA) is 72.9 Å². The number of rotatable bonds is 2. The largest absolute Gasteiger partial charge is 0.459 e. The standard InChI is InChI=1S/C17H19NO5/c1-16(2,3)22-13(19)10-18-14(20)17(23-15(18)21)9-8-11-6-4-5-7-12(11)17/h4-7H,8-10H2,1-3H3. The van der Waals surface area contributed by atoms with Gasteiger partial charge in [0.2, 0.25) is 5.60 Å². The molecule has 0 N–H and O–H groups in total. The zero-order valence-electron chi connectivity index (χ0n) is 13.4. The molecule has 0 aromatic heterocycles. The Balaban J connectivity index is 1.83. The summed E-state index contributed by atoms with van der Waals surface area (Å²) in [4.78, 5) is 37.7. The summed E-state index contributed by atoms with van der Waals surface area (Å²) in [5.41, 5.74) is -0.255. The van der Waals surface area contributed by atoms with Crippen molar-refractivity contribution in [2.24, 2.45) is 0 Å². The van der Waals surface area contributed by atoms with Gasteiger partial charge in [0.05, 0.1) is 0 Å². The van der Waals surface area contributed by atoms with Gasteiger partial charge in [0.25, 0.3) is 5.91 Å². The van der Waals surface area contributed by atoms with Crippen molar-refractivity contribution in [1.29, 1.82) is 0 Å². The number of ether oxygens (including phenoxy) is 2. The molecule has 1 heterocycles. The predicted octanol–water partition coefficient (Wildman–Crippen LogP) is 2.15. The van der Waals surface area contributed by atoms with E-state index >= 15 is 0 Å². The Morgan fingerprint density at radius 3 is 2.70 bits per heavy atom. The highest BCUT2D eigenvalue weighted by Gasteiger charge is 2.58. The number of hydrogen-bond acceptors (Lipinski definition) is 5. The van der Waals surface area contributed by atoms with Gasteiger partial charge >= 0.3 is 12.1 Å². The van der Waals surface area contributed by atoms with E-state index < -0.39 is 35.7 Å². The van der Waals surface area contributed by atoms with E-state index in [2.05, 4.69) is 0 Å². The molecule has 0 radical (unpaired) electrons. The third-order valence-electron chi connectivity index (χ3n) is 3.98. The van der Waals surface area contributed by atoms with Crippen LogP contribution in [-0.4, -0.2) is 35.0 Å². The molecule has 3 rings (SSSR count). The maximum absolute atomic E-state index is 12.8. The first kappa shape index (κ1) is 15.5. The first-order valence-corrected chi connectivity index (χ1v) is 7.58. The minimum absolute atomic E-state index is 0.405. The monoisotopic (exact) mass is 317 g/mol. The highest BCUT2D eigenvalue weighted by molar-refractivity contribution is 6.05. The molecule has 1 aromatic rings. The number of aryl methyl sites for hydroxylation is 1. The van der Waals surface area contributed by atoms with E-state index in [0.29, 0.717) is 18.4 Å². The Morgan fingerprint density at radius 2 is 2.00 bits per heavy atom. The van der Waals surface area contributed by atoms with Crippen LogP contribution in [-0.2, 0) is 31.1 Å². The fourth-order valence-corrected chi connectivity index (χ4v) is 3.09. The summed E-state index contributed by atoms with van der Waals surface area (Å²) in [6, 6.07) is 7.41. The summed E-state index contributed by atoms with van der Waals surface area (Å²) >= 11 is 0. The number of carbonyl (C=O) groups is 3. The summed E-state index contributed by atoms with van der Waals surface area (Å²) in [6.45, 7) is 4.75. The second kappa shape index (κ2) is 5.08. The molecule has 6 nitrogen and oxygen atoms in total. The molecular formula is C17H19NO5. The summed E-state index contributed by atoms with van der Waals surface area (Å²) in [7, 11) is 0. The summed E-state index contributed by atoms with van der Waals surface area (Å²) < 4.78 is 10.6. The predicted molar refractivity (Wildman–Crippen MR) is 80.5 cm³/mol. The van der Waals surface area contributed by atoms with Crippen molar-refractivity contribution >= 4 is 18.0 Å². The third kappa shape index (κ3) is 2.58. The molecule has 0 bridgehead atoms. The summed E-state index contributed by atoms with van der Waals surface area (Å²) in [6.07, 6.45) is 0.273. The van der Waals surface area contributed by atoms with Crippen molar-refractivity contribution in [1.82, 2.24) is 4.90 Å². The van der Waals surface area contributed by atoms with Crippen molar-refractivity contribution in [3.8, 4) is 0 Å². The van der Waals surface area contributed by atoms with Crippen molar-refractivity contribution in [2.45, 2.75) is 44.8 Å². The second-order valence-corrected chi connectivity index (χ2v) is 6.83. The molecule has 1 aliphatic heterocycles. The molecule has 1 spiro atoms. The number of imide groups is 1. The lowest BCUT2D eigenvalue weighted by atomic mass is 9.95. The number of amides is 2. The van der Waals surface area contributed by atoms with E-state index in [1.807, 2.05) is 18.2 Å². The third-order valence-corrected chi connectivity index (χ3v) is 3.98. The van der Waals surface area contributed by atoms with E-state index in [0.717, 1.165) is 10.5 Å². The van der Waals surface area contributed by atoms with Gasteiger partial charge in [-0.05, 0) is 32.8 Å². The van der Waals surface area contributed by atoms with E-state index in [-0.39, 0.29) is 0 Å². The fourth-order valence-electron chi connectivity index (χ4n) is 3.09. The number of carbonyl (C=O) groups excluding carboxylic acids is 3. The molecule has 2 amide bonds. The lowest BCUT2D eigenvalue weighted by Crippen LogP contribution is -2.41. The van der Waals surface area contributed by atoms with Crippen LogP contribution in [0.1, 0.15) is 38.3 Å². The van der Waals surface area contributed by atoms with Crippen LogP contribution in [0.5, 0.6) is 0 Å². The first-order chi connectivity index (χ1) is 10.7. The summed E-state index contributed by atoms with van der Waals surface area (Å²) in [5.74, 6) is -1.12. The van der Waals surface area contributed by atoms with Crippen LogP contribution in [0.3, 0.4) is 0 Å². The molecule has 1 fully saturated rings. The Labute approximate surface area is 134 Å². The lowest BCUT2D eigenvalue weighted by Gasteiger charge is -2.22. The molecular weight excluding hydrogens is 298 g/mol. The van der Waals surface area contributed by atoms with Gasteiger partial charge in [-0.3, -0.25) is 9.59 Å². The number of fused-ring (bicyclic) bond motifs is 2. The number of esters is 1. The summed E-state index contributed by atoms with van der Waals surface area (Å²) in [5, 5.41) is 0. The quantitative estimate of drug-likeness (QED) is 0.782. The SMILES string of the molecule is CC(C)(C)OC(=O)CN1C(=O)OC2(CCc3ccccc32)C1=O. The van der Waals surface area contributed by atoms with E-state index in [1.165, 1.54) is 0 Å². The highest BCUT2D eigenvalue weighted by Crippen LogP contribution is 2.45. The van der Waals surface area contributed by atoms with Gasteiger partial charge in [0.15, 0.2) is 0 Å². The number of nitrogens with zero attached hydrogens (tertiary/aromatic N) is 1. The molecule has 1 aliphatic carbocycles. The molecule has 1 aromatic carbocycles. The average Bonchev–Trinajstić information content (AvgIpc) is 2.92. The molecule has 6 heteroatoms. The van der Waals surface area contributed by atoms with Crippen LogP contribution >= 0.6 is 0 Å². The maximum atomic E-state index is 12.8. The number of hydrogen-bond donors (Lipinski definition) is 0. The Bertz CT molecular complexity index is 690. The van der Waals surface area contributed by atoms with Crippen LogP contribution in [0.4, 0.5) is 4.79 Å². The molecule has 1 atom stereocenters. The molecule has 2 aliphatic rings. The second-order valence-electron chi connectivity index (χ2n) is 6.83. The van der Waals surface area contributed by atoms with E-state index in [4.69, 9.17) is 9.47 Å². The van der Waals surface area contributed by atoms with Gasteiger partial charge in [0.1, 0.15) is 12.1 Å². The van der Waals surface area contributed by atoms with Gasteiger partial charge in [0, 0.05) is 12.0 Å². The minimum Gasteiger partial charge on any atom is -0.459 e. The van der Waals surface area contributed by atoms with Crippen molar-refractivity contribution < 1.29 is 23.9 Å². The van der Waals surface area contributed by atoms with Crippen LogP contribution in [0, 0.1) is 0 Å².